The number of carbonyl (C=O) groups excluding carboxylic acids is 1. The molecular weight excluding hydrogens is 164 g/mol. The minimum Gasteiger partial charge on any atom is -0.328 e. The van der Waals surface area contributed by atoms with E-state index < -0.39 is 0 Å². The highest BCUT2D eigenvalue weighted by Crippen LogP contribution is 2.17. The summed E-state index contributed by atoms with van der Waals surface area (Å²) < 4.78 is 0. The molecule has 0 spiro atoms. The van der Waals surface area contributed by atoms with Crippen molar-refractivity contribution in [3.63, 3.8) is 0 Å². The Labute approximate surface area is 80.5 Å². The number of nitrogens with zero attached hydrogens (tertiary/aromatic N) is 1. The third-order valence-electron chi connectivity index (χ3n) is 2.21. The summed E-state index contributed by atoms with van der Waals surface area (Å²) >= 11 is 0. The second kappa shape index (κ2) is 3.66. The summed E-state index contributed by atoms with van der Waals surface area (Å²) in [6.45, 7) is 10.1. The van der Waals surface area contributed by atoms with E-state index in [9.17, 15) is 4.79 Å². The summed E-state index contributed by atoms with van der Waals surface area (Å²) in [5, 5.41) is 3.21. The Hall–Kier alpha value is -0.570. The van der Waals surface area contributed by atoms with Crippen LogP contribution in [0.3, 0.4) is 0 Å². The maximum absolute atomic E-state index is 11.7. The molecule has 1 atom stereocenters. The first-order chi connectivity index (χ1) is 5.94. The van der Waals surface area contributed by atoms with Crippen molar-refractivity contribution in [2.75, 3.05) is 13.2 Å². The van der Waals surface area contributed by atoms with Gasteiger partial charge in [0.15, 0.2) is 0 Å². The van der Waals surface area contributed by atoms with E-state index in [1.165, 1.54) is 0 Å². The monoisotopic (exact) mass is 184 g/mol. The molecule has 0 bridgehead atoms. The van der Waals surface area contributed by atoms with Gasteiger partial charge in [-0.15, -0.1) is 0 Å². The van der Waals surface area contributed by atoms with Crippen LogP contribution in [-0.2, 0) is 4.79 Å². The first-order valence-corrected chi connectivity index (χ1v) is 4.96. The van der Waals surface area contributed by atoms with Gasteiger partial charge >= 0.3 is 0 Å². The fourth-order valence-corrected chi connectivity index (χ4v) is 1.63. The quantitative estimate of drug-likeness (QED) is 0.699. The lowest BCUT2D eigenvalue weighted by molar-refractivity contribution is -0.130. The number of amides is 1. The largest absolute Gasteiger partial charge is 0.328 e. The van der Waals surface area contributed by atoms with Crippen molar-refractivity contribution >= 4 is 5.91 Å². The van der Waals surface area contributed by atoms with Gasteiger partial charge in [0.05, 0.1) is 12.7 Å². The van der Waals surface area contributed by atoms with Crippen LogP contribution >= 0.6 is 0 Å². The van der Waals surface area contributed by atoms with Crippen molar-refractivity contribution in [3.05, 3.63) is 0 Å². The molecule has 1 unspecified atom stereocenters. The predicted molar refractivity (Wildman–Crippen MR) is 53.2 cm³/mol. The van der Waals surface area contributed by atoms with Gasteiger partial charge in [-0.1, -0.05) is 27.7 Å². The average Bonchev–Trinajstić information content (AvgIpc) is 2.30. The molecule has 0 aromatic heterocycles. The normalized spacial score (nSPS) is 24.2. The van der Waals surface area contributed by atoms with E-state index in [4.69, 9.17) is 0 Å². The number of hydrogen-bond acceptors (Lipinski definition) is 2. The Morgan fingerprint density at radius 1 is 1.54 bits per heavy atom. The molecule has 0 saturated carbocycles. The molecule has 1 saturated heterocycles. The van der Waals surface area contributed by atoms with E-state index in [1.807, 2.05) is 11.8 Å². The van der Waals surface area contributed by atoms with Gasteiger partial charge in [-0.3, -0.25) is 10.1 Å². The summed E-state index contributed by atoms with van der Waals surface area (Å²) in [4.78, 5) is 13.6. The lowest BCUT2D eigenvalue weighted by atomic mass is 9.96. The van der Waals surface area contributed by atoms with E-state index in [-0.39, 0.29) is 17.4 Å². The van der Waals surface area contributed by atoms with Gasteiger partial charge in [-0.05, 0) is 11.8 Å². The molecule has 0 aliphatic carbocycles. The SMILES string of the molecule is CCC1NCN(CC(C)(C)C)C1=O. The minimum atomic E-state index is 0.0577. The van der Waals surface area contributed by atoms with Gasteiger partial charge in [-0.25, -0.2) is 0 Å². The second-order valence-corrected chi connectivity index (χ2v) is 4.92. The Bertz CT molecular complexity index is 196. The van der Waals surface area contributed by atoms with Gasteiger partial charge in [0.2, 0.25) is 5.91 Å². The van der Waals surface area contributed by atoms with Gasteiger partial charge < -0.3 is 4.90 Å². The molecule has 1 fully saturated rings. The fourth-order valence-electron chi connectivity index (χ4n) is 1.63. The molecule has 1 aliphatic rings. The molecule has 0 aromatic carbocycles. The summed E-state index contributed by atoms with van der Waals surface area (Å²) in [5.74, 6) is 0.262. The van der Waals surface area contributed by atoms with Gasteiger partial charge in [-0.2, -0.15) is 0 Å². The molecule has 3 heteroatoms. The van der Waals surface area contributed by atoms with E-state index in [0.717, 1.165) is 13.0 Å². The molecular formula is C10H20N2O. The smallest absolute Gasteiger partial charge is 0.240 e. The first kappa shape index (κ1) is 10.5. The summed E-state index contributed by atoms with van der Waals surface area (Å²) in [6, 6.07) is 0.0577. The summed E-state index contributed by atoms with van der Waals surface area (Å²) in [7, 11) is 0. The molecule has 1 heterocycles. The number of nitrogens with one attached hydrogen (secondary N) is 1. The Kier molecular flexibility index (Phi) is 2.96. The summed E-state index contributed by atoms with van der Waals surface area (Å²) in [5.41, 5.74) is 0.194. The van der Waals surface area contributed by atoms with Crippen molar-refractivity contribution in [3.8, 4) is 0 Å². The van der Waals surface area contributed by atoms with Crippen LogP contribution in [-0.4, -0.2) is 30.1 Å². The van der Waals surface area contributed by atoms with Gasteiger partial charge in [0.25, 0.3) is 0 Å². The zero-order valence-electron chi connectivity index (χ0n) is 9.05. The summed E-state index contributed by atoms with van der Waals surface area (Å²) in [6.07, 6.45) is 0.888. The number of hydrogen-bond donors (Lipinski definition) is 1. The zero-order chi connectivity index (χ0) is 10.1. The molecule has 3 nitrogen and oxygen atoms in total. The van der Waals surface area contributed by atoms with Gasteiger partial charge in [0, 0.05) is 6.54 Å². The fraction of sp³-hybridized carbons (Fsp3) is 0.900. The Morgan fingerprint density at radius 3 is 2.54 bits per heavy atom. The van der Waals surface area contributed by atoms with Crippen LogP contribution in [0, 0.1) is 5.41 Å². The lowest BCUT2D eigenvalue weighted by Crippen LogP contribution is -2.36. The lowest BCUT2D eigenvalue weighted by Gasteiger charge is -2.25. The first-order valence-electron chi connectivity index (χ1n) is 4.96. The highest BCUT2D eigenvalue weighted by Gasteiger charge is 2.31. The van der Waals surface area contributed by atoms with Crippen LogP contribution in [0.1, 0.15) is 34.1 Å². The molecule has 1 amide bonds. The molecule has 1 N–H and O–H groups in total. The maximum atomic E-state index is 11.7. The third-order valence-corrected chi connectivity index (χ3v) is 2.21. The van der Waals surface area contributed by atoms with E-state index >= 15 is 0 Å². The van der Waals surface area contributed by atoms with Crippen LogP contribution in [0.2, 0.25) is 0 Å². The average molecular weight is 184 g/mol. The van der Waals surface area contributed by atoms with Gasteiger partial charge in [0.1, 0.15) is 0 Å². The maximum Gasteiger partial charge on any atom is 0.240 e. The molecule has 0 radical (unpaired) electrons. The van der Waals surface area contributed by atoms with Crippen LogP contribution in [0.15, 0.2) is 0 Å². The van der Waals surface area contributed by atoms with Crippen molar-refractivity contribution in [1.82, 2.24) is 10.2 Å². The Balaban J connectivity index is 2.51. The molecule has 1 aliphatic heterocycles. The standard InChI is InChI=1S/C10H20N2O/c1-5-8-9(13)12(7-11-8)6-10(2,3)4/h8,11H,5-7H2,1-4H3. The zero-order valence-corrected chi connectivity index (χ0v) is 9.05. The molecule has 0 aromatic rings. The van der Waals surface area contributed by atoms with E-state index in [0.29, 0.717) is 6.67 Å². The van der Waals surface area contributed by atoms with Crippen molar-refractivity contribution in [2.45, 2.75) is 40.2 Å². The van der Waals surface area contributed by atoms with Crippen LogP contribution in [0.5, 0.6) is 0 Å². The highest BCUT2D eigenvalue weighted by atomic mass is 16.2. The van der Waals surface area contributed by atoms with Crippen LogP contribution in [0.4, 0.5) is 0 Å². The Morgan fingerprint density at radius 2 is 2.15 bits per heavy atom. The van der Waals surface area contributed by atoms with Crippen molar-refractivity contribution in [2.24, 2.45) is 5.41 Å². The predicted octanol–water partition coefficient (Wildman–Crippen LogP) is 1.20. The minimum absolute atomic E-state index is 0.0577. The highest BCUT2D eigenvalue weighted by molar-refractivity contribution is 5.83. The third kappa shape index (κ3) is 2.69. The number of rotatable bonds is 2. The molecule has 13 heavy (non-hydrogen) atoms. The second-order valence-electron chi connectivity index (χ2n) is 4.92. The van der Waals surface area contributed by atoms with Crippen LogP contribution in [0.25, 0.3) is 0 Å². The van der Waals surface area contributed by atoms with Crippen molar-refractivity contribution < 1.29 is 4.79 Å². The number of carbonyl (C=O) groups is 1. The van der Waals surface area contributed by atoms with E-state index in [2.05, 4.69) is 26.1 Å². The van der Waals surface area contributed by atoms with Crippen LogP contribution < -0.4 is 5.32 Å². The molecule has 76 valence electrons. The topological polar surface area (TPSA) is 32.3 Å². The van der Waals surface area contributed by atoms with Crippen molar-refractivity contribution in [1.29, 1.82) is 0 Å². The molecule has 1 rings (SSSR count). The van der Waals surface area contributed by atoms with E-state index in [1.54, 1.807) is 0 Å².